The first-order valence-corrected chi connectivity index (χ1v) is 7.71. The largest absolute Gasteiger partial charge is 0.366 e. The highest BCUT2D eigenvalue weighted by atomic mass is 15.2. The lowest BCUT2D eigenvalue weighted by molar-refractivity contribution is 0.941. The second kappa shape index (κ2) is 6.56. The van der Waals surface area contributed by atoms with Crippen LogP contribution in [0.4, 0.5) is 5.82 Å². The average molecular weight is 308 g/mol. The Bertz CT molecular complexity index is 808. The number of benzene rings is 1. The molecule has 6 nitrogen and oxygen atoms in total. The number of aryl methyl sites for hydroxylation is 3. The summed E-state index contributed by atoms with van der Waals surface area (Å²) in [4.78, 5) is 13.2. The van der Waals surface area contributed by atoms with Gasteiger partial charge in [-0.05, 0) is 31.9 Å². The first-order valence-electron chi connectivity index (χ1n) is 7.71. The predicted octanol–water partition coefficient (Wildman–Crippen LogP) is 3.05. The van der Waals surface area contributed by atoms with Crippen molar-refractivity contribution in [3.63, 3.8) is 0 Å². The van der Waals surface area contributed by atoms with Crippen molar-refractivity contribution in [2.45, 2.75) is 33.7 Å². The van der Waals surface area contributed by atoms with Crippen molar-refractivity contribution >= 4 is 5.82 Å². The summed E-state index contributed by atoms with van der Waals surface area (Å²) in [6.07, 6.45) is 0.901. The number of nitrogens with zero attached hydrogens (tertiary/aromatic N) is 4. The molecule has 2 heterocycles. The molecule has 3 rings (SSSR count). The maximum atomic E-state index is 4.43. The van der Waals surface area contributed by atoms with Gasteiger partial charge in [0.2, 0.25) is 0 Å². The number of aromatic nitrogens is 5. The summed E-state index contributed by atoms with van der Waals surface area (Å²) in [6, 6.07) is 10.2. The second-order valence-corrected chi connectivity index (χ2v) is 5.44. The Balaban J connectivity index is 1.75. The zero-order valence-corrected chi connectivity index (χ0v) is 13.6. The number of aromatic amines is 1. The van der Waals surface area contributed by atoms with E-state index in [1.54, 1.807) is 0 Å². The Morgan fingerprint density at radius 3 is 2.70 bits per heavy atom. The third kappa shape index (κ3) is 3.71. The van der Waals surface area contributed by atoms with E-state index in [0.717, 1.165) is 46.5 Å². The molecule has 2 N–H and O–H groups in total. The number of nitrogens with one attached hydrogen (secondary N) is 2. The zero-order chi connectivity index (χ0) is 16.2. The minimum Gasteiger partial charge on any atom is -0.366 e. The van der Waals surface area contributed by atoms with E-state index in [2.05, 4.69) is 49.5 Å². The normalized spacial score (nSPS) is 10.7. The molecule has 0 fully saturated rings. The zero-order valence-electron chi connectivity index (χ0n) is 13.6. The first kappa shape index (κ1) is 15.1. The molecule has 118 valence electrons. The molecule has 0 aliphatic heterocycles. The molecule has 0 aliphatic rings. The van der Waals surface area contributed by atoms with Gasteiger partial charge in [0, 0.05) is 23.9 Å². The summed E-state index contributed by atoms with van der Waals surface area (Å²) in [7, 11) is 0. The van der Waals surface area contributed by atoms with Gasteiger partial charge in [0.1, 0.15) is 17.5 Å². The quantitative estimate of drug-likeness (QED) is 0.757. The van der Waals surface area contributed by atoms with Gasteiger partial charge in [-0.3, -0.25) is 5.10 Å². The monoisotopic (exact) mass is 308 g/mol. The highest BCUT2D eigenvalue weighted by Crippen LogP contribution is 2.17. The molecule has 0 saturated carbocycles. The summed E-state index contributed by atoms with van der Waals surface area (Å²) in [6.45, 7) is 6.59. The van der Waals surface area contributed by atoms with Crippen molar-refractivity contribution in [2.75, 3.05) is 5.32 Å². The van der Waals surface area contributed by atoms with Crippen molar-refractivity contribution in [1.82, 2.24) is 25.1 Å². The van der Waals surface area contributed by atoms with E-state index < -0.39 is 0 Å². The lowest BCUT2D eigenvalue weighted by atomic mass is 10.1. The maximum absolute atomic E-state index is 4.43. The van der Waals surface area contributed by atoms with Crippen LogP contribution >= 0.6 is 0 Å². The van der Waals surface area contributed by atoms with Gasteiger partial charge in [-0.15, -0.1) is 0 Å². The lowest BCUT2D eigenvalue weighted by Gasteiger charge is -2.08. The Morgan fingerprint density at radius 2 is 1.96 bits per heavy atom. The van der Waals surface area contributed by atoms with E-state index in [1.807, 2.05) is 32.0 Å². The molecule has 0 atom stereocenters. The van der Waals surface area contributed by atoms with Crippen molar-refractivity contribution in [2.24, 2.45) is 0 Å². The van der Waals surface area contributed by atoms with Gasteiger partial charge >= 0.3 is 0 Å². The topological polar surface area (TPSA) is 79.4 Å². The summed E-state index contributed by atoms with van der Waals surface area (Å²) >= 11 is 0. The lowest BCUT2D eigenvalue weighted by Crippen LogP contribution is -2.05. The highest BCUT2D eigenvalue weighted by molar-refractivity contribution is 5.56. The SMILES string of the molecule is CCc1cc(NCc2cccc(-c3n[nH]c(C)n3)c2)nc(C)n1. The summed E-state index contributed by atoms with van der Waals surface area (Å²) in [5.41, 5.74) is 3.20. The van der Waals surface area contributed by atoms with E-state index in [9.17, 15) is 0 Å². The fourth-order valence-electron chi connectivity index (χ4n) is 2.39. The van der Waals surface area contributed by atoms with Gasteiger partial charge in [-0.25, -0.2) is 15.0 Å². The van der Waals surface area contributed by atoms with Crippen LogP contribution in [0.1, 0.15) is 29.8 Å². The van der Waals surface area contributed by atoms with E-state index >= 15 is 0 Å². The molecular formula is C17H20N6. The van der Waals surface area contributed by atoms with Gasteiger partial charge in [0.15, 0.2) is 5.82 Å². The van der Waals surface area contributed by atoms with E-state index in [4.69, 9.17) is 0 Å². The Hall–Kier alpha value is -2.76. The molecule has 1 aromatic carbocycles. The standard InChI is InChI=1S/C17H20N6/c1-4-15-9-16(20-11(2)19-15)18-10-13-6-5-7-14(8-13)17-21-12(3)22-23-17/h5-9H,4,10H2,1-3H3,(H,18,19,20)(H,21,22,23). The minimum absolute atomic E-state index is 0.691. The number of hydrogen-bond acceptors (Lipinski definition) is 5. The van der Waals surface area contributed by atoms with Gasteiger partial charge in [0.25, 0.3) is 0 Å². The van der Waals surface area contributed by atoms with E-state index in [-0.39, 0.29) is 0 Å². The molecule has 0 unspecified atom stereocenters. The number of rotatable bonds is 5. The first-order chi connectivity index (χ1) is 11.1. The van der Waals surface area contributed by atoms with Crippen LogP contribution < -0.4 is 5.32 Å². The smallest absolute Gasteiger partial charge is 0.181 e. The fraction of sp³-hybridized carbons (Fsp3) is 0.294. The van der Waals surface area contributed by atoms with Crippen LogP contribution in [0, 0.1) is 13.8 Å². The minimum atomic E-state index is 0.691. The number of anilines is 1. The van der Waals surface area contributed by atoms with Crippen LogP contribution in [0.3, 0.4) is 0 Å². The summed E-state index contributed by atoms with van der Waals surface area (Å²) < 4.78 is 0. The molecule has 0 bridgehead atoms. The van der Waals surface area contributed by atoms with Crippen molar-refractivity contribution in [3.8, 4) is 11.4 Å². The van der Waals surface area contributed by atoms with Crippen LogP contribution in [0.15, 0.2) is 30.3 Å². The molecule has 0 aliphatic carbocycles. The number of hydrogen-bond donors (Lipinski definition) is 2. The van der Waals surface area contributed by atoms with Crippen LogP contribution in [0.25, 0.3) is 11.4 Å². The van der Waals surface area contributed by atoms with E-state index in [0.29, 0.717) is 6.54 Å². The van der Waals surface area contributed by atoms with Crippen molar-refractivity contribution < 1.29 is 0 Å². The van der Waals surface area contributed by atoms with Gasteiger partial charge in [-0.1, -0.05) is 25.1 Å². The molecule has 3 aromatic rings. The highest BCUT2D eigenvalue weighted by Gasteiger charge is 2.05. The predicted molar refractivity (Wildman–Crippen MR) is 90.0 cm³/mol. The Labute approximate surface area is 135 Å². The molecule has 0 saturated heterocycles. The van der Waals surface area contributed by atoms with E-state index in [1.165, 1.54) is 0 Å². The average Bonchev–Trinajstić information content (AvgIpc) is 2.99. The van der Waals surface area contributed by atoms with Gasteiger partial charge < -0.3 is 5.32 Å². The van der Waals surface area contributed by atoms with Gasteiger partial charge in [-0.2, -0.15) is 5.10 Å². The molecule has 6 heteroatoms. The van der Waals surface area contributed by atoms with Gasteiger partial charge in [0.05, 0.1) is 0 Å². The fourth-order valence-corrected chi connectivity index (χ4v) is 2.39. The van der Waals surface area contributed by atoms with Crippen LogP contribution in [-0.2, 0) is 13.0 Å². The Morgan fingerprint density at radius 1 is 1.09 bits per heavy atom. The third-order valence-corrected chi connectivity index (χ3v) is 3.51. The molecule has 2 aromatic heterocycles. The summed E-state index contributed by atoms with van der Waals surface area (Å²) in [5, 5.41) is 10.4. The molecule has 0 radical (unpaired) electrons. The molecule has 0 amide bonds. The summed E-state index contributed by atoms with van der Waals surface area (Å²) in [5.74, 6) is 3.17. The van der Waals surface area contributed by atoms with Crippen LogP contribution in [-0.4, -0.2) is 25.1 Å². The van der Waals surface area contributed by atoms with Crippen LogP contribution in [0.5, 0.6) is 0 Å². The molecule has 0 spiro atoms. The number of H-pyrrole nitrogens is 1. The molecular weight excluding hydrogens is 288 g/mol. The van der Waals surface area contributed by atoms with Crippen molar-refractivity contribution in [3.05, 3.63) is 53.2 Å². The third-order valence-electron chi connectivity index (χ3n) is 3.51. The van der Waals surface area contributed by atoms with Crippen LogP contribution in [0.2, 0.25) is 0 Å². The second-order valence-electron chi connectivity index (χ2n) is 5.44. The molecule has 23 heavy (non-hydrogen) atoms. The Kier molecular flexibility index (Phi) is 4.32. The van der Waals surface area contributed by atoms with Crippen molar-refractivity contribution in [1.29, 1.82) is 0 Å². The maximum Gasteiger partial charge on any atom is 0.181 e.